The number of nitrogens with zero attached hydrogens (tertiary/aromatic N) is 1. The second-order valence-corrected chi connectivity index (χ2v) is 10.3. The molecule has 2 heterocycles. The number of fused-ring (bicyclic) bond motifs is 1. The van der Waals surface area contributed by atoms with Crippen molar-refractivity contribution in [3.63, 3.8) is 0 Å². The number of methoxy groups -OCH3 is 2. The highest BCUT2D eigenvalue weighted by molar-refractivity contribution is 7.90. The van der Waals surface area contributed by atoms with Gasteiger partial charge in [-0.2, -0.15) is 0 Å². The number of benzene rings is 2. The van der Waals surface area contributed by atoms with Crippen molar-refractivity contribution in [3.8, 4) is 22.6 Å². The monoisotopic (exact) mass is 505 g/mol. The highest BCUT2D eigenvalue weighted by atomic mass is 32.2. The van der Waals surface area contributed by atoms with E-state index in [9.17, 15) is 13.2 Å². The van der Waals surface area contributed by atoms with Gasteiger partial charge in [0.25, 0.3) is 0 Å². The Hall–Kier alpha value is -4.11. The van der Waals surface area contributed by atoms with Crippen molar-refractivity contribution in [1.29, 1.82) is 0 Å². The van der Waals surface area contributed by atoms with Crippen LogP contribution in [0.3, 0.4) is 0 Å². The zero-order valence-corrected chi connectivity index (χ0v) is 21.2. The molecule has 186 valence electrons. The first kappa shape index (κ1) is 25.0. The van der Waals surface area contributed by atoms with E-state index >= 15 is 0 Å². The third kappa shape index (κ3) is 5.26. The molecule has 1 amide bonds. The van der Waals surface area contributed by atoms with E-state index in [1.165, 1.54) is 12.3 Å². The zero-order valence-electron chi connectivity index (χ0n) is 20.4. The molecule has 0 saturated carbocycles. The molecule has 4 rings (SSSR count). The number of ether oxygens (including phenoxy) is 2. The van der Waals surface area contributed by atoms with Crippen LogP contribution in [-0.2, 0) is 14.6 Å². The molecule has 9 heteroatoms. The van der Waals surface area contributed by atoms with E-state index in [0.29, 0.717) is 28.3 Å². The van der Waals surface area contributed by atoms with E-state index in [2.05, 4.69) is 15.3 Å². The lowest BCUT2D eigenvalue weighted by Crippen LogP contribution is -2.24. The van der Waals surface area contributed by atoms with Gasteiger partial charge in [-0.1, -0.05) is 24.3 Å². The lowest BCUT2D eigenvalue weighted by atomic mass is 10.1. The van der Waals surface area contributed by atoms with Gasteiger partial charge in [-0.25, -0.2) is 13.4 Å². The van der Waals surface area contributed by atoms with Gasteiger partial charge in [0.2, 0.25) is 5.91 Å². The zero-order chi connectivity index (χ0) is 25.9. The number of aromatic nitrogens is 2. The fraction of sp³-hybridized carbons (Fsp3) is 0.185. The lowest BCUT2D eigenvalue weighted by molar-refractivity contribution is -0.117. The molecule has 0 saturated heterocycles. The molecule has 2 N–H and O–H groups in total. The minimum atomic E-state index is -3.41. The van der Waals surface area contributed by atoms with Crippen molar-refractivity contribution in [3.05, 3.63) is 78.1 Å². The molecule has 0 bridgehead atoms. The van der Waals surface area contributed by atoms with Gasteiger partial charge in [-0.3, -0.25) is 4.79 Å². The Morgan fingerprint density at radius 3 is 2.56 bits per heavy atom. The third-order valence-electron chi connectivity index (χ3n) is 5.84. The van der Waals surface area contributed by atoms with Gasteiger partial charge in [0.15, 0.2) is 21.3 Å². The summed E-state index contributed by atoms with van der Waals surface area (Å²) >= 11 is 0. The molecule has 4 aromatic rings. The molecular formula is C27H27N3O5S. The molecule has 0 aliphatic carbocycles. The van der Waals surface area contributed by atoms with Crippen LogP contribution in [0.2, 0.25) is 0 Å². The van der Waals surface area contributed by atoms with Crippen LogP contribution in [0.15, 0.2) is 71.9 Å². The fourth-order valence-corrected chi connectivity index (χ4v) is 4.88. The summed E-state index contributed by atoms with van der Waals surface area (Å²) in [6.07, 6.45) is 7.73. The van der Waals surface area contributed by atoms with Crippen LogP contribution in [0, 0.1) is 0 Å². The largest absolute Gasteiger partial charge is 0.493 e. The summed E-state index contributed by atoms with van der Waals surface area (Å²) in [5.41, 5.74) is 3.51. The maximum absolute atomic E-state index is 12.6. The minimum absolute atomic E-state index is 0.238. The molecule has 36 heavy (non-hydrogen) atoms. The summed E-state index contributed by atoms with van der Waals surface area (Å²) in [6, 6.07) is 13.9. The second-order valence-electron chi connectivity index (χ2n) is 8.31. The second kappa shape index (κ2) is 10.2. The van der Waals surface area contributed by atoms with Crippen LogP contribution in [0.1, 0.15) is 24.1 Å². The van der Waals surface area contributed by atoms with Crippen molar-refractivity contribution in [2.75, 3.05) is 20.5 Å². The molecular weight excluding hydrogens is 478 g/mol. The van der Waals surface area contributed by atoms with Gasteiger partial charge >= 0.3 is 0 Å². The number of carbonyl (C=O) groups is 1. The smallest absolute Gasteiger partial charge is 0.244 e. The summed E-state index contributed by atoms with van der Waals surface area (Å²) < 4.78 is 35.1. The quantitative estimate of drug-likeness (QED) is 0.340. The van der Waals surface area contributed by atoms with Crippen LogP contribution in [0.25, 0.3) is 28.2 Å². The Kier molecular flexibility index (Phi) is 7.12. The molecule has 0 aliphatic heterocycles. The summed E-state index contributed by atoms with van der Waals surface area (Å²) in [5.74, 6) is 0.940. The summed E-state index contributed by atoms with van der Waals surface area (Å²) in [7, 11) is -0.279. The van der Waals surface area contributed by atoms with E-state index in [1.807, 2.05) is 25.1 Å². The van der Waals surface area contributed by atoms with Crippen LogP contribution >= 0.6 is 0 Å². The Balaban J connectivity index is 1.56. The normalized spacial score (nSPS) is 12.6. The predicted molar refractivity (Wildman–Crippen MR) is 140 cm³/mol. The molecule has 8 nitrogen and oxygen atoms in total. The molecule has 0 fully saturated rings. The topological polar surface area (TPSA) is 110 Å². The van der Waals surface area contributed by atoms with Gasteiger partial charge in [0.1, 0.15) is 5.65 Å². The number of hydrogen-bond donors (Lipinski definition) is 2. The first-order chi connectivity index (χ1) is 17.2. The van der Waals surface area contributed by atoms with Crippen LogP contribution < -0.4 is 14.8 Å². The Labute approximate surface area is 209 Å². The van der Waals surface area contributed by atoms with E-state index in [-0.39, 0.29) is 16.8 Å². The predicted octanol–water partition coefficient (Wildman–Crippen LogP) is 4.54. The van der Waals surface area contributed by atoms with Gasteiger partial charge < -0.3 is 19.8 Å². The van der Waals surface area contributed by atoms with Crippen molar-refractivity contribution >= 4 is 32.9 Å². The molecule has 2 aromatic carbocycles. The number of pyridine rings is 1. The maximum atomic E-state index is 12.6. The van der Waals surface area contributed by atoms with E-state index in [4.69, 9.17) is 9.47 Å². The summed E-state index contributed by atoms with van der Waals surface area (Å²) in [5, 5.41) is 3.71. The van der Waals surface area contributed by atoms with Crippen molar-refractivity contribution < 1.29 is 22.7 Å². The van der Waals surface area contributed by atoms with Gasteiger partial charge in [-0.05, 0) is 42.8 Å². The highest BCUT2D eigenvalue weighted by Crippen LogP contribution is 2.31. The number of carbonyl (C=O) groups excluding carboxylic acids is 1. The highest BCUT2D eigenvalue weighted by Gasteiger charge is 2.16. The van der Waals surface area contributed by atoms with Gasteiger partial charge in [-0.15, -0.1) is 0 Å². The van der Waals surface area contributed by atoms with E-state index in [0.717, 1.165) is 16.5 Å². The van der Waals surface area contributed by atoms with Crippen LogP contribution in [0.5, 0.6) is 11.5 Å². The van der Waals surface area contributed by atoms with Gasteiger partial charge in [0.05, 0.1) is 25.2 Å². The minimum Gasteiger partial charge on any atom is -0.493 e. The maximum Gasteiger partial charge on any atom is 0.244 e. The number of hydrogen-bond acceptors (Lipinski definition) is 6. The van der Waals surface area contributed by atoms with Crippen molar-refractivity contribution in [2.45, 2.75) is 17.9 Å². The number of rotatable bonds is 8. The van der Waals surface area contributed by atoms with Gasteiger partial charge in [0, 0.05) is 46.8 Å². The number of sulfone groups is 1. The molecule has 0 spiro atoms. The first-order valence-corrected chi connectivity index (χ1v) is 13.1. The Morgan fingerprint density at radius 2 is 1.83 bits per heavy atom. The number of aromatic amines is 1. The van der Waals surface area contributed by atoms with Crippen molar-refractivity contribution in [1.82, 2.24) is 15.3 Å². The summed E-state index contributed by atoms with van der Waals surface area (Å²) in [4.78, 5) is 20.4. The Bertz CT molecular complexity index is 1560. The molecule has 1 atom stereocenters. The van der Waals surface area contributed by atoms with Crippen LogP contribution in [0.4, 0.5) is 0 Å². The molecule has 0 radical (unpaired) electrons. The van der Waals surface area contributed by atoms with Crippen LogP contribution in [-0.4, -0.2) is 44.8 Å². The molecule has 2 aromatic heterocycles. The van der Waals surface area contributed by atoms with Crippen molar-refractivity contribution in [2.24, 2.45) is 0 Å². The van der Waals surface area contributed by atoms with E-state index in [1.54, 1.807) is 63.0 Å². The van der Waals surface area contributed by atoms with E-state index < -0.39 is 9.84 Å². The third-order valence-corrected chi connectivity index (χ3v) is 7.00. The number of nitrogens with one attached hydrogen (secondary N) is 2. The number of H-pyrrole nitrogens is 1. The average Bonchev–Trinajstić information content (AvgIpc) is 3.28. The molecule has 0 unspecified atom stereocenters. The number of amides is 1. The fourth-order valence-electron chi connectivity index (χ4n) is 3.97. The lowest BCUT2D eigenvalue weighted by Gasteiger charge is -2.15. The Morgan fingerprint density at radius 1 is 1.08 bits per heavy atom. The first-order valence-electron chi connectivity index (χ1n) is 11.2. The average molecular weight is 506 g/mol. The summed E-state index contributed by atoms with van der Waals surface area (Å²) in [6.45, 7) is 1.88. The standard InChI is InChI=1S/C27H27N3O5S/c1-17(18-9-11-23(34-2)24(14-18)35-3)30-26(31)12-10-19-15-28-27-22(19)13-20(16-29-27)21-7-5-6-8-25(21)36(4,32)33/h5-17H,1-4H3,(H,28,29)(H,30,31)/b12-10+/t17-/m1/s1. The molecule has 0 aliphatic rings. The SMILES string of the molecule is COc1ccc([C@@H](C)NC(=O)/C=C/c2c[nH]c3ncc(-c4ccccc4S(C)(=O)=O)cc23)cc1OC.